The number of hydrogen-bond donors (Lipinski definition) is 2. The van der Waals surface area contributed by atoms with Crippen LogP contribution in [0.2, 0.25) is 0 Å². The van der Waals surface area contributed by atoms with E-state index in [4.69, 9.17) is 14.9 Å². The Bertz CT molecular complexity index is 917. The highest BCUT2D eigenvalue weighted by Gasteiger charge is 2.25. The molecule has 0 aliphatic heterocycles. The van der Waals surface area contributed by atoms with Crippen LogP contribution in [0.25, 0.3) is 11.0 Å². The molecule has 136 valence electrons. The van der Waals surface area contributed by atoms with Crippen molar-refractivity contribution >= 4 is 16.9 Å². The van der Waals surface area contributed by atoms with E-state index in [2.05, 4.69) is 6.08 Å². The Kier molecular flexibility index (Phi) is 5.16. The summed E-state index contributed by atoms with van der Waals surface area (Å²) in [5.41, 5.74) is 8.11. The van der Waals surface area contributed by atoms with E-state index < -0.39 is 5.91 Å². The number of methoxy groups -OCH3 is 1. The van der Waals surface area contributed by atoms with Gasteiger partial charge in [-0.25, -0.2) is 0 Å². The molecule has 0 bridgehead atoms. The summed E-state index contributed by atoms with van der Waals surface area (Å²) in [5, 5.41) is 10.8. The molecule has 0 saturated heterocycles. The van der Waals surface area contributed by atoms with Crippen molar-refractivity contribution in [3.05, 3.63) is 65.2 Å². The second-order valence-electron chi connectivity index (χ2n) is 6.52. The monoisotopic (exact) mass is 353 g/mol. The molecule has 1 amide bonds. The number of carbonyl (C=O) groups is 1. The maximum atomic E-state index is 10.9. The highest BCUT2D eigenvalue weighted by molar-refractivity contribution is 5.86. The van der Waals surface area contributed by atoms with Crippen molar-refractivity contribution in [2.75, 3.05) is 7.11 Å². The van der Waals surface area contributed by atoms with Crippen molar-refractivity contribution in [2.24, 2.45) is 5.73 Å². The fourth-order valence-electron chi connectivity index (χ4n) is 3.47. The lowest BCUT2D eigenvalue weighted by Gasteiger charge is -2.19. The number of hydrogen-bond acceptors (Lipinski definition) is 4. The lowest BCUT2D eigenvalue weighted by atomic mass is 9.84. The van der Waals surface area contributed by atoms with Gasteiger partial charge in [0.15, 0.2) is 0 Å². The molecule has 0 unspecified atom stereocenters. The van der Waals surface area contributed by atoms with Gasteiger partial charge in [0.1, 0.15) is 22.9 Å². The normalized spacial score (nSPS) is 18.3. The lowest BCUT2D eigenvalue weighted by Crippen LogP contribution is -2.06. The van der Waals surface area contributed by atoms with Crippen molar-refractivity contribution < 1.29 is 19.1 Å². The maximum absolute atomic E-state index is 10.9. The lowest BCUT2D eigenvalue weighted by molar-refractivity contribution is -0.113. The fourth-order valence-corrected chi connectivity index (χ4v) is 3.47. The van der Waals surface area contributed by atoms with Gasteiger partial charge in [0.2, 0.25) is 5.91 Å². The predicted molar refractivity (Wildman–Crippen MR) is 101 cm³/mol. The number of ether oxygens (including phenoxy) is 1. The van der Waals surface area contributed by atoms with E-state index in [1.165, 1.54) is 6.08 Å². The fraction of sp³-hybridized carbons (Fsp3) is 0.286. The molecular formula is C21H23NO4. The van der Waals surface area contributed by atoms with Crippen LogP contribution in [0.1, 0.15) is 37.0 Å². The van der Waals surface area contributed by atoms with E-state index in [0.717, 1.165) is 47.1 Å². The summed E-state index contributed by atoms with van der Waals surface area (Å²) in [4.78, 5) is 10.9. The summed E-state index contributed by atoms with van der Waals surface area (Å²) in [6, 6.07) is 5.23. The summed E-state index contributed by atoms with van der Waals surface area (Å²) < 4.78 is 11.3. The quantitative estimate of drug-likeness (QED) is 0.482. The molecule has 0 fully saturated rings. The summed E-state index contributed by atoms with van der Waals surface area (Å²) in [7, 11) is 1.55. The number of phenolic OH excluding ortho intramolecular Hbond substituents is 1. The van der Waals surface area contributed by atoms with Crippen molar-refractivity contribution in [3.8, 4) is 5.75 Å². The van der Waals surface area contributed by atoms with Crippen molar-refractivity contribution in [1.29, 1.82) is 0 Å². The van der Waals surface area contributed by atoms with Crippen molar-refractivity contribution in [2.45, 2.75) is 32.1 Å². The van der Waals surface area contributed by atoms with Crippen LogP contribution in [0.3, 0.4) is 0 Å². The number of primary amides is 1. The first-order chi connectivity index (χ1) is 12.5. The highest BCUT2D eigenvalue weighted by atomic mass is 16.5. The molecule has 3 N–H and O–H groups in total. The Morgan fingerprint density at radius 1 is 1.38 bits per heavy atom. The minimum atomic E-state index is -0.517. The summed E-state index contributed by atoms with van der Waals surface area (Å²) >= 11 is 0. The second kappa shape index (κ2) is 7.52. The summed E-state index contributed by atoms with van der Waals surface area (Å²) in [5.74, 6) is 1.48. The van der Waals surface area contributed by atoms with E-state index in [-0.39, 0.29) is 11.7 Å². The molecular weight excluding hydrogens is 330 g/mol. The molecule has 1 aromatic carbocycles. The molecule has 2 aromatic rings. The number of aryl methyl sites for hydroxylation is 1. The van der Waals surface area contributed by atoms with Crippen LogP contribution in [-0.2, 0) is 16.0 Å². The van der Waals surface area contributed by atoms with Gasteiger partial charge in [-0.05, 0) is 50.1 Å². The number of furan rings is 1. The molecule has 3 rings (SSSR count). The van der Waals surface area contributed by atoms with E-state index in [0.29, 0.717) is 5.76 Å². The van der Waals surface area contributed by atoms with Gasteiger partial charge in [0.05, 0.1) is 7.11 Å². The number of phenols is 1. The third-order valence-electron chi connectivity index (χ3n) is 4.56. The second-order valence-corrected chi connectivity index (χ2v) is 6.52. The Morgan fingerprint density at radius 2 is 2.19 bits per heavy atom. The van der Waals surface area contributed by atoms with E-state index >= 15 is 0 Å². The number of rotatable bonds is 5. The molecule has 0 radical (unpaired) electrons. The topological polar surface area (TPSA) is 85.7 Å². The van der Waals surface area contributed by atoms with Crippen molar-refractivity contribution in [3.63, 3.8) is 0 Å². The Balaban J connectivity index is 1.96. The standard InChI is InChI=1S/C21H23NO4/c1-13(11-16(25-2)7-9-20(22)24)10-14-4-3-5-19-21(14)17-12-15(23)6-8-18(17)26-19/h6-12,14,23H,3-5H2,1-2H3,(H2,22,24)/t14-/m0/s1. The van der Waals surface area contributed by atoms with Crippen molar-refractivity contribution in [1.82, 2.24) is 0 Å². The minimum absolute atomic E-state index is 0.205. The molecule has 5 heteroatoms. The molecule has 0 saturated carbocycles. The third-order valence-corrected chi connectivity index (χ3v) is 4.56. The van der Waals surface area contributed by atoms with Gasteiger partial charge in [0, 0.05) is 29.4 Å². The van der Waals surface area contributed by atoms with Crippen LogP contribution in [0, 0.1) is 0 Å². The Morgan fingerprint density at radius 3 is 2.92 bits per heavy atom. The van der Waals surface area contributed by atoms with Crippen LogP contribution >= 0.6 is 0 Å². The first-order valence-electron chi connectivity index (χ1n) is 8.64. The van der Waals surface area contributed by atoms with Crippen LogP contribution in [0.15, 0.2) is 58.3 Å². The maximum Gasteiger partial charge on any atom is 0.241 e. The molecule has 1 aliphatic rings. The molecule has 0 spiro atoms. The van der Waals surface area contributed by atoms with E-state index in [1.54, 1.807) is 25.3 Å². The summed E-state index contributed by atoms with van der Waals surface area (Å²) in [6.45, 7) is 1.99. The van der Waals surface area contributed by atoms with Crippen LogP contribution < -0.4 is 5.73 Å². The van der Waals surface area contributed by atoms with Gasteiger partial charge in [-0.1, -0.05) is 11.6 Å². The van der Waals surface area contributed by atoms with Gasteiger partial charge in [-0.3, -0.25) is 4.79 Å². The number of fused-ring (bicyclic) bond motifs is 3. The largest absolute Gasteiger partial charge is 0.508 e. The number of amides is 1. The average Bonchev–Trinajstić information content (AvgIpc) is 2.97. The first-order valence-corrected chi connectivity index (χ1v) is 8.64. The van der Waals surface area contributed by atoms with Gasteiger partial charge < -0.3 is 20.0 Å². The van der Waals surface area contributed by atoms with Crippen LogP contribution in [-0.4, -0.2) is 18.1 Å². The van der Waals surface area contributed by atoms with Gasteiger partial charge >= 0.3 is 0 Å². The minimum Gasteiger partial charge on any atom is -0.508 e. The molecule has 1 atom stereocenters. The number of aromatic hydroxyl groups is 1. The van der Waals surface area contributed by atoms with Crippen LogP contribution in [0.4, 0.5) is 0 Å². The molecule has 1 aromatic heterocycles. The van der Waals surface area contributed by atoms with Gasteiger partial charge in [-0.2, -0.15) is 0 Å². The number of nitrogens with two attached hydrogens (primary N) is 1. The van der Waals surface area contributed by atoms with E-state index in [9.17, 15) is 9.90 Å². The predicted octanol–water partition coefficient (Wildman–Crippen LogP) is 4.08. The Hall–Kier alpha value is -2.95. The zero-order chi connectivity index (χ0) is 18.7. The number of carbonyl (C=O) groups excluding carboxylic acids is 1. The van der Waals surface area contributed by atoms with E-state index in [1.807, 2.05) is 19.1 Å². The van der Waals surface area contributed by atoms with Gasteiger partial charge in [-0.15, -0.1) is 0 Å². The summed E-state index contributed by atoms with van der Waals surface area (Å²) in [6.07, 6.45) is 9.85. The van der Waals surface area contributed by atoms with Gasteiger partial charge in [0.25, 0.3) is 0 Å². The Labute approximate surface area is 152 Å². The molecule has 1 aliphatic carbocycles. The third kappa shape index (κ3) is 3.82. The molecule has 1 heterocycles. The van der Waals surface area contributed by atoms with Crippen LogP contribution in [0.5, 0.6) is 5.75 Å². The average molecular weight is 353 g/mol. The first kappa shape index (κ1) is 17.9. The zero-order valence-corrected chi connectivity index (χ0v) is 15.0. The molecule has 26 heavy (non-hydrogen) atoms. The zero-order valence-electron chi connectivity index (χ0n) is 15.0. The SMILES string of the molecule is COC(C=CC(N)=O)=CC(C)=C[C@@H]1CCCc2oc3ccc(O)cc3c21. The number of allylic oxidation sites excluding steroid dienone is 4. The highest BCUT2D eigenvalue weighted by Crippen LogP contribution is 2.41. The molecule has 5 nitrogen and oxygen atoms in total. The number of benzene rings is 1. The smallest absolute Gasteiger partial charge is 0.241 e.